The highest BCUT2D eigenvalue weighted by molar-refractivity contribution is 5.97. The molecular formula is C14H18N4O. The molecule has 0 aliphatic heterocycles. The Kier molecular flexibility index (Phi) is 2.23. The van der Waals surface area contributed by atoms with Crippen LogP contribution < -0.4 is 5.73 Å². The minimum Gasteiger partial charge on any atom is -0.368 e. The van der Waals surface area contributed by atoms with Gasteiger partial charge in [0.15, 0.2) is 0 Å². The Balaban J connectivity index is 1.70. The number of nitrogen functional groups attached to an aromatic ring is 1. The molecule has 0 spiro atoms. The van der Waals surface area contributed by atoms with Gasteiger partial charge in [-0.2, -0.15) is 4.98 Å². The maximum atomic E-state index is 12.8. The van der Waals surface area contributed by atoms with E-state index in [2.05, 4.69) is 15.0 Å². The van der Waals surface area contributed by atoms with Crippen molar-refractivity contribution in [2.45, 2.75) is 38.5 Å². The lowest BCUT2D eigenvalue weighted by molar-refractivity contribution is -0.0358. The lowest BCUT2D eigenvalue weighted by atomic mass is 9.48. The van der Waals surface area contributed by atoms with Gasteiger partial charge in [0.05, 0.1) is 0 Å². The number of hydrogen-bond acceptors (Lipinski definition) is 5. The molecule has 1 heterocycles. The summed E-state index contributed by atoms with van der Waals surface area (Å²) in [5, 5.41) is 0. The molecule has 4 saturated carbocycles. The Morgan fingerprint density at radius 1 is 1.11 bits per heavy atom. The van der Waals surface area contributed by atoms with Crippen molar-refractivity contribution in [2.75, 3.05) is 5.73 Å². The smallest absolute Gasteiger partial charge is 0.223 e. The van der Waals surface area contributed by atoms with E-state index in [4.69, 9.17) is 5.73 Å². The third-order valence-corrected chi connectivity index (χ3v) is 5.31. The van der Waals surface area contributed by atoms with E-state index in [-0.39, 0.29) is 23.0 Å². The van der Waals surface area contributed by atoms with Crippen LogP contribution in [-0.2, 0) is 0 Å². The van der Waals surface area contributed by atoms with Crippen molar-refractivity contribution in [1.82, 2.24) is 15.0 Å². The van der Waals surface area contributed by atoms with Crippen molar-refractivity contribution in [3.05, 3.63) is 12.2 Å². The Labute approximate surface area is 112 Å². The van der Waals surface area contributed by atoms with E-state index in [1.165, 1.54) is 25.6 Å². The fourth-order valence-electron chi connectivity index (χ4n) is 5.04. The second-order valence-electron chi connectivity index (χ2n) is 6.69. The van der Waals surface area contributed by atoms with Crippen LogP contribution in [0.4, 0.5) is 5.95 Å². The van der Waals surface area contributed by atoms with E-state index in [0.717, 1.165) is 37.0 Å². The Hall–Kier alpha value is -1.52. The minimum absolute atomic E-state index is 0.112. The summed E-state index contributed by atoms with van der Waals surface area (Å²) >= 11 is 0. The van der Waals surface area contributed by atoms with Gasteiger partial charge in [0.25, 0.3) is 0 Å². The molecule has 2 N–H and O–H groups in total. The van der Waals surface area contributed by atoms with E-state index in [1.54, 1.807) is 0 Å². The average Bonchev–Trinajstić information content (AvgIpc) is 2.36. The predicted molar refractivity (Wildman–Crippen MR) is 69.2 cm³/mol. The van der Waals surface area contributed by atoms with Crippen molar-refractivity contribution in [3.8, 4) is 0 Å². The fraction of sp³-hybridized carbons (Fsp3) is 0.714. The molecule has 0 radical (unpaired) electrons. The van der Waals surface area contributed by atoms with Crippen molar-refractivity contribution in [3.63, 3.8) is 0 Å². The van der Waals surface area contributed by atoms with Crippen LogP contribution in [0.25, 0.3) is 0 Å². The minimum atomic E-state index is -0.192. The first kappa shape index (κ1) is 11.3. The quantitative estimate of drug-likeness (QED) is 0.819. The summed E-state index contributed by atoms with van der Waals surface area (Å²) in [6.45, 7) is 0. The number of nitrogens with two attached hydrogens (primary N) is 1. The maximum Gasteiger partial charge on any atom is 0.223 e. The monoisotopic (exact) mass is 258 g/mol. The molecule has 5 rings (SSSR count). The summed E-state index contributed by atoms with van der Waals surface area (Å²) in [5.41, 5.74) is 5.38. The van der Waals surface area contributed by atoms with Crippen LogP contribution in [0.2, 0.25) is 0 Å². The first-order chi connectivity index (χ1) is 9.14. The summed E-state index contributed by atoms with van der Waals surface area (Å²) in [6.07, 6.45) is 8.41. The standard InChI is InChI=1S/C14H18N4O/c15-13-17-7-16-12(18-13)11(19)14-4-8-1-9(5-14)3-10(2-8)6-14/h7-10H,1-6H2,(H2,15,16,17,18). The van der Waals surface area contributed by atoms with Gasteiger partial charge in [-0.05, 0) is 56.3 Å². The van der Waals surface area contributed by atoms with Crippen LogP contribution in [0.3, 0.4) is 0 Å². The van der Waals surface area contributed by atoms with Gasteiger partial charge in [-0.3, -0.25) is 4.79 Å². The predicted octanol–water partition coefficient (Wildman–Crippen LogP) is 1.85. The summed E-state index contributed by atoms with van der Waals surface area (Å²) in [7, 11) is 0. The molecular weight excluding hydrogens is 240 g/mol. The van der Waals surface area contributed by atoms with Crippen LogP contribution in [0, 0.1) is 23.2 Å². The summed E-state index contributed by atoms with van der Waals surface area (Å²) in [5.74, 6) is 2.76. The normalized spacial score (nSPS) is 39.5. The third-order valence-electron chi connectivity index (χ3n) is 5.31. The second kappa shape index (κ2) is 3.74. The van der Waals surface area contributed by atoms with E-state index < -0.39 is 0 Å². The molecule has 0 saturated heterocycles. The molecule has 19 heavy (non-hydrogen) atoms. The van der Waals surface area contributed by atoms with Crippen molar-refractivity contribution in [2.24, 2.45) is 23.2 Å². The molecule has 1 aromatic rings. The third kappa shape index (κ3) is 1.67. The molecule has 0 amide bonds. The van der Waals surface area contributed by atoms with Gasteiger partial charge >= 0.3 is 0 Å². The molecule has 4 bridgehead atoms. The summed E-state index contributed by atoms with van der Waals surface area (Å²) in [6, 6.07) is 0. The maximum absolute atomic E-state index is 12.8. The zero-order valence-electron chi connectivity index (χ0n) is 10.9. The van der Waals surface area contributed by atoms with Crippen LogP contribution in [0.1, 0.15) is 49.1 Å². The lowest BCUT2D eigenvalue weighted by Gasteiger charge is -2.55. The molecule has 5 heteroatoms. The first-order valence-corrected chi connectivity index (χ1v) is 7.14. The van der Waals surface area contributed by atoms with Gasteiger partial charge < -0.3 is 5.73 Å². The van der Waals surface area contributed by atoms with Crippen LogP contribution in [0.15, 0.2) is 6.33 Å². The van der Waals surface area contributed by atoms with Gasteiger partial charge in [0.1, 0.15) is 6.33 Å². The van der Waals surface area contributed by atoms with Crippen LogP contribution >= 0.6 is 0 Å². The molecule has 4 aliphatic carbocycles. The van der Waals surface area contributed by atoms with Crippen LogP contribution in [0.5, 0.6) is 0 Å². The zero-order chi connectivity index (χ0) is 13.0. The number of carbonyl (C=O) groups is 1. The number of hydrogen-bond donors (Lipinski definition) is 1. The SMILES string of the molecule is Nc1ncnc(C(=O)C23CC4CC(CC(C4)C2)C3)n1. The molecule has 1 aromatic heterocycles. The van der Waals surface area contributed by atoms with E-state index in [0.29, 0.717) is 0 Å². The van der Waals surface area contributed by atoms with E-state index in [9.17, 15) is 4.79 Å². The lowest BCUT2D eigenvalue weighted by Crippen LogP contribution is -2.50. The topological polar surface area (TPSA) is 81.8 Å². The Morgan fingerprint density at radius 2 is 1.68 bits per heavy atom. The van der Waals surface area contributed by atoms with E-state index in [1.807, 2.05) is 0 Å². The molecule has 5 nitrogen and oxygen atoms in total. The summed E-state index contributed by atoms with van der Waals surface area (Å²) < 4.78 is 0. The molecule has 0 atom stereocenters. The number of Topliss-reactive ketones (excluding diaryl/α,β-unsaturated/α-hetero) is 1. The zero-order valence-corrected chi connectivity index (χ0v) is 10.9. The molecule has 100 valence electrons. The number of nitrogens with zero attached hydrogens (tertiary/aromatic N) is 3. The van der Waals surface area contributed by atoms with Gasteiger partial charge in [-0.1, -0.05) is 0 Å². The highest BCUT2D eigenvalue weighted by Crippen LogP contribution is 2.60. The molecule has 4 aliphatic rings. The number of anilines is 1. The van der Waals surface area contributed by atoms with Crippen LogP contribution in [-0.4, -0.2) is 20.7 Å². The second-order valence-corrected chi connectivity index (χ2v) is 6.69. The molecule has 0 aromatic carbocycles. The first-order valence-electron chi connectivity index (χ1n) is 7.14. The van der Waals surface area contributed by atoms with Crippen molar-refractivity contribution in [1.29, 1.82) is 0 Å². The fourth-order valence-corrected chi connectivity index (χ4v) is 5.04. The number of rotatable bonds is 2. The molecule has 4 fully saturated rings. The highest BCUT2D eigenvalue weighted by atomic mass is 16.1. The number of carbonyl (C=O) groups excluding carboxylic acids is 1. The largest absolute Gasteiger partial charge is 0.368 e. The number of ketones is 1. The number of aromatic nitrogens is 3. The summed E-state index contributed by atoms with van der Waals surface area (Å²) in [4.78, 5) is 24.7. The van der Waals surface area contributed by atoms with Gasteiger partial charge in [-0.15, -0.1) is 0 Å². The van der Waals surface area contributed by atoms with Gasteiger partial charge in [0.2, 0.25) is 17.6 Å². The van der Waals surface area contributed by atoms with Gasteiger partial charge in [-0.25, -0.2) is 9.97 Å². The van der Waals surface area contributed by atoms with Gasteiger partial charge in [0, 0.05) is 5.41 Å². The highest BCUT2D eigenvalue weighted by Gasteiger charge is 2.55. The van der Waals surface area contributed by atoms with Crippen molar-refractivity contribution >= 4 is 11.7 Å². The average molecular weight is 258 g/mol. The Bertz CT molecular complexity index is 507. The Morgan fingerprint density at radius 3 is 2.21 bits per heavy atom. The molecule has 0 unspecified atom stereocenters. The van der Waals surface area contributed by atoms with Crippen molar-refractivity contribution < 1.29 is 4.79 Å². The van der Waals surface area contributed by atoms with E-state index >= 15 is 0 Å².